The molecule has 2 fully saturated rings. The third-order valence-electron chi connectivity index (χ3n) is 3.50. The molecule has 1 saturated carbocycles. The van der Waals surface area contributed by atoms with Crippen LogP contribution in [0.3, 0.4) is 0 Å². The molecule has 0 amide bonds. The molecule has 0 radical (unpaired) electrons. The molecule has 0 spiro atoms. The summed E-state index contributed by atoms with van der Waals surface area (Å²) in [7, 11) is 0. The third-order valence-corrected chi connectivity index (χ3v) is 3.50. The maximum Gasteiger partial charge on any atom is 0.297 e. The number of hydrogen-bond donors (Lipinski definition) is 1. The van der Waals surface area contributed by atoms with Gasteiger partial charge in [0.2, 0.25) is 0 Å². The molecule has 76 valence electrons. The minimum atomic E-state index is 0.462. The summed E-state index contributed by atoms with van der Waals surface area (Å²) in [5.41, 5.74) is 6.33. The predicted octanol–water partition coefficient (Wildman–Crippen LogP) is 0.979. The van der Waals surface area contributed by atoms with Crippen molar-refractivity contribution in [3.8, 4) is 0 Å². The average molecular weight is 193 g/mol. The smallest absolute Gasteiger partial charge is 0.297 e. The topological polar surface area (TPSA) is 55.3 Å². The number of oxazole rings is 1. The van der Waals surface area contributed by atoms with Crippen molar-refractivity contribution < 1.29 is 4.42 Å². The van der Waals surface area contributed by atoms with E-state index < -0.39 is 0 Å². The Kier molecular flexibility index (Phi) is 1.77. The highest BCUT2D eigenvalue weighted by atomic mass is 16.4. The summed E-state index contributed by atoms with van der Waals surface area (Å²) in [5, 5.41) is 0. The molecule has 4 nitrogen and oxygen atoms in total. The van der Waals surface area contributed by atoms with Crippen molar-refractivity contribution in [2.24, 2.45) is 17.6 Å². The number of aromatic nitrogens is 1. The van der Waals surface area contributed by atoms with E-state index in [1.165, 1.54) is 12.8 Å². The molecule has 0 aromatic carbocycles. The van der Waals surface area contributed by atoms with Gasteiger partial charge in [0, 0.05) is 19.6 Å². The Morgan fingerprint density at radius 1 is 1.43 bits per heavy atom. The van der Waals surface area contributed by atoms with Gasteiger partial charge in [0.25, 0.3) is 6.01 Å². The number of fused-ring (bicyclic) bond motifs is 1. The molecule has 2 heterocycles. The van der Waals surface area contributed by atoms with E-state index in [1.54, 1.807) is 6.26 Å². The molecule has 2 aliphatic rings. The lowest BCUT2D eigenvalue weighted by atomic mass is 9.77. The molecule has 2 unspecified atom stereocenters. The standard InChI is InChI=1S/C10H15N3O/c11-3-9-6-14-10(12-9)13-4-7-1-2-8(7)5-13/h6-8H,1-5,11H2. The Bertz CT molecular complexity index is 324. The molecule has 2 atom stereocenters. The zero-order valence-corrected chi connectivity index (χ0v) is 8.15. The molecule has 1 aromatic heterocycles. The van der Waals surface area contributed by atoms with Crippen molar-refractivity contribution in [3.05, 3.63) is 12.0 Å². The summed E-state index contributed by atoms with van der Waals surface area (Å²) >= 11 is 0. The Hall–Kier alpha value is -1.03. The zero-order valence-electron chi connectivity index (χ0n) is 8.15. The predicted molar refractivity (Wildman–Crippen MR) is 52.8 cm³/mol. The van der Waals surface area contributed by atoms with Crippen molar-refractivity contribution in [3.63, 3.8) is 0 Å². The van der Waals surface area contributed by atoms with E-state index in [2.05, 4.69) is 9.88 Å². The molecule has 1 aromatic rings. The molecule has 2 N–H and O–H groups in total. The summed E-state index contributed by atoms with van der Waals surface area (Å²) in [6.07, 6.45) is 4.42. The molecule has 1 aliphatic heterocycles. The maximum atomic E-state index is 5.49. The average Bonchev–Trinajstić information content (AvgIpc) is 2.73. The van der Waals surface area contributed by atoms with Gasteiger partial charge < -0.3 is 15.1 Å². The van der Waals surface area contributed by atoms with Gasteiger partial charge in [0.15, 0.2) is 0 Å². The van der Waals surface area contributed by atoms with Gasteiger partial charge in [-0.3, -0.25) is 0 Å². The van der Waals surface area contributed by atoms with E-state index in [0.717, 1.165) is 36.6 Å². The molecule has 1 saturated heterocycles. The highest BCUT2D eigenvalue weighted by Crippen LogP contribution is 2.41. The monoisotopic (exact) mass is 193 g/mol. The van der Waals surface area contributed by atoms with Crippen molar-refractivity contribution in [2.45, 2.75) is 19.4 Å². The van der Waals surface area contributed by atoms with E-state index in [4.69, 9.17) is 10.2 Å². The third kappa shape index (κ3) is 1.14. The first-order valence-electron chi connectivity index (χ1n) is 5.26. The van der Waals surface area contributed by atoms with Crippen LogP contribution in [0.2, 0.25) is 0 Å². The molecule has 4 heteroatoms. The van der Waals surface area contributed by atoms with E-state index >= 15 is 0 Å². The second kappa shape index (κ2) is 2.98. The Labute approximate surface area is 83.1 Å². The van der Waals surface area contributed by atoms with Crippen LogP contribution in [-0.2, 0) is 6.54 Å². The van der Waals surface area contributed by atoms with Crippen LogP contribution >= 0.6 is 0 Å². The van der Waals surface area contributed by atoms with Crippen LogP contribution in [-0.4, -0.2) is 18.1 Å². The van der Waals surface area contributed by atoms with Crippen LogP contribution in [0.1, 0.15) is 18.5 Å². The van der Waals surface area contributed by atoms with Crippen LogP contribution in [0.5, 0.6) is 0 Å². The van der Waals surface area contributed by atoms with Crippen molar-refractivity contribution in [1.29, 1.82) is 0 Å². The molecule has 0 bridgehead atoms. The first-order chi connectivity index (χ1) is 6.86. The number of nitrogens with zero attached hydrogens (tertiary/aromatic N) is 2. The largest absolute Gasteiger partial charge is 0.432 e. The van der Waals surface area contributed by atoms with Gasteiger partial charge in [0.05, 0.1) is 5.69 Å². The first kappa shape index (κ1) is 8.29. The summed E-state index contributed by atoms with van der Waals surface area (Å²) in [4.78, 5) is 6.59. The second-order valence-corrected chi connectivity index (χ2v) is 4.33. The fourth-order valence-corrected chi connectivity index (χ4v) is 2.45. The van der Waals surface area contributed by atoms with Crippen LogP contribution < -0.4 is 10.6 Å². The summed E-state index contributed by atoms with van der Waals surface area (Å²) in [5.74, 6) is 1.78. The normalized spacial score (nSPS) is 30.2. The minimum Gasteiger partial charge on any atom is -0.432 e. The first-order valence-corrected chi connectivity index (χ1v) is 5.26. The van der Waals surface area contributed by atoms with Gasteiger partial charge in [-0.2, -0.15) is 4.98 Å². The fraction of sp³-hybridized carbons (Fsp3) is 0.700. The highest BCUT2D eigenvalue weighted by molar-refractivity contribution is 5.30. The summed E-state index contributed by atoms with van der Waals surface area (Å²) in [6.45, 7) is 2.70. The lowest BCUT2D eigenvalue weighted by Crippen LogP contribution is -2.22. The lowest BCUT2D eigenvalue weighted by molar-refractivity contribution is 0.243. The molecular formula is C10H15N3O. The van der Waals surface area contributed by atoms with Gasteiger partial charge in [-0.05, 0) is 24.7 Å². The number of nitrogens with two attached hydrogens (primary N) is 1. The Morgan fingerprint density at radius 3 is 2.64 bits per heavy atom. The van der Waals surface area contributed by atoms with Crippen LogP contribution in [0.4, 0.5) is 6.01 Å². The van der Waals surface area contributed by atoms with Crippen LogP contribution in [0.15, 0.2) is 10.7 Å². The van der Waals surface area contributed by atoms with Crippen molar-refractivity contribution in [2.75, 3.05) is 18.0 Å². The van der Waals surface area contributed by atoms with Crippen LogP contribution in [0.25, 0.3) is 0 Å². The maximum absolute atomic E-state index is 5.49. The van der Waals surface area contributed by atoms with E-state index in [1.807, 2.05) is 0 Å². The van der Waals surface area contributed by atoms with Gasteiger partial charge in [0.1, 0.15) is 6.26 Å². The Morgan fingerprint density at radius 2 is 2.14 bits per heavy atom. The van der Waals surface area contributed by atoms with Gasteiger partial charge >= 0.3 is 0 Å². The molecular weight excluding hydrogens is 178 g/mol. The summed E-state index contributed by atoms with van der Waals surface area (Å²) in [6, 6.07) is 0.764. The minimum absolute atomic E-state index is 0.462. The van der Waals surface area contributed by atoms with E-state index in [9.17, 15) is 0 Å². The highest BCUT2D eigenvalue weighted by Gasteiger charge is 2.40. The lowest BCUT2D eigenvalue weighted by Gasteiger charge is -2.27. The number of rotatable bonds is 2. The second-order valence-electron chi connectivity index (χ2n) is 4.33. The van der Waals surface area contributed by atoms with Crippen molar-refractivity contribution in [1.82, 2.24) is 4.98 Å². The molecule has 1 aliphatic carbocycles. The summed E-state index contributed by atoms with van der Waals surface area (Å²) < 4.78 is 5.40. The van der Waals surface area contributed by atoms with E-state index in [-0.39, 0.29) is 0 Å². The Balaban J connectivity index is 1.76. The van der Waals surface area contributed by atoms with Crippen molar-refractivity contribution >= 4 is 6.01 Å². The van der Waals surface area contributed by atoms with Gasteiger partial charge in [-0.25, -0.2) is 0 Å². The molecule has 14 heavy (non-hydrogen) atoms. The van der Waals surface area contributed by atoms with Gasteiger partial charge in [-0.1, -0.05) is 0 Å². The van der Waals surface area contributed by atoms with E-state index in [0.29, 0.717) is 6.54 Å². The van der Waals surface area contributed by atoms with Crippen LogP contribution in [0, 0.1) is 11.8 Å². The zero-order chi connectivity index (χ0) is 9.54. The van der Waals surface area contributed by atoms with Gasteiger partial charge in [-0.15, -0.1) is 0 Å². The fourth-order valence-electron chi connectivity index (χ4n) is 2.45. The number of anilines is 1. The SMILES string of the molecule is NCc1coc(N2CC3CCC3C2)n1. The molecule has 3 rings (SSSR count). The number of hydrogen-bond acceptors (Lipinski definition) is 4. The quantitative estimate of drug-likeness (QED) is 0.760.